The molecule has 2 aliphatic heterocycles. The van der Waals surface area contributed by atoms with Crippen molar-refractivity contribution in [2.45, 2.75) is 37.0 Å². The smallest absolute Gasteiger partial charge is 0.356 e. The molecule has 2 aliphatic rings. The number of halogens is 3. The predicted molar refractivity (Wildman–Crippen MR) is 114 cm³/mol. The molecule has 0 aliphatic carbocycles. The Bertz CT molecular complexity index is 992. The van der Waals surface area contributed by atoms with Gasteiger partial charge in [-0.15, -0.1) is 0 Å². The Labute approximate surface area is 190 Å². The molecule has 3 heterocycles. The molecule has 6 nitrogen and oxygen atoms in total. The summed E-state index contributed by atoms with van der Waals surface area (Å²) >= 11 is 0. The number of nitrogens with one attached hydrogen (secondary N) is 1. The van der Waals surface area contributed by atoms with Gasteiger partial charge in [0.1, 0.15) is 0 Å². The Hall–Kier alpha value is -2.94. The van der Waals surface area contributed by atoms with E-state index < -0.39 is 23.1 Å². The zero-order valence-corrected chi connectivity index (χ0v) is 18.3. The van der Waals surface area contributed by atoms with Crippen LogP contribution in [0.2, 0.25) is 0 Å². The summed E-state index contributed by atoms with van der Waals surface area (Å²) in [4.78, 5) is 31.1. The number of methoxy groups -OCH3 is 1. The Morgan fingerprint density at radius 3 is 2.42 bits per heavy atom. The number of piperidine rings is 2. The molecule has 0 unspecified atom stereocenters. The van der Waals surface area contributed by atoms with Crippen LogP contribution in [-0.2, 0) is 19.9 Å². The van der Waals surface area contributed by atoms with E-state index in [2.05, 4.69) is 10.3 Å². The number of benzene rings is 1. The molecule has 2 atom stereocenters. The zero-order chi connectivity index (χ0) is 23.7. The highest BCUT2D eigenvalue weighted by Gasteiger charge is 2.64. The molecule has 2 aromatic rings. The molecule has 2 saturated heterocycles. The molecular weight excluding hydrogens is 435 g/mol. The number of carbonyl (C=O) groups is 2. The molecule has 176 valence electrons. The Kier molecular flexibility index (Phi) is 6.18. The third-order valence-corrected chi connectivity index (χ3v) is 7.08. The lowest BCUT2D eigenvalue weighted by Gasteiger charge is -2.50. The lowest BCUT2D eigenvalue weighted by molar-refractivity contribution is -0.271. The molecule has 33 heavy (non-hydrogen) atoms. The number of rotatable bonds is 4. The van der Waals surface area contributed by atoms with E-state index in [1.807, 2.05) is 12.1 Å². The van der Waals surface area contributed by atoms with Gasteiger partial charge in [-0.1, -0.05) is 36.4 Å². The van der Waals surface area contributed by atoms with Crippen molar-refractivity contribution >= 4 is 11.8 Å². The molecule has 0 radical (unpaired) electrons. The summed E-state index contributed by atoms with van der Waals surface area (Å²) in [5, 5.41) is 2.89. The van der Waals surface area contributed by atoms with E-state index in [0.29, 0.717) is 19.4 Å². The molecule has 1 N–H and O–H groups in total. The van der Waals surface area contributed by atoms with E-state index in [1.165, 1.54) is 29.2 Å². The van der Waals surface area contributed by atoms with Crippen LogP contribution < -0.4 is 5.32 Å². The van der Waals surface area contributed by atoms with Crippen LogP contribution in [0, 0.1) is 5.41 Å². The largest absolute Gasteiger partial charge is 0.430 e. The molecule has 9 heteroatoms. The van der Waals surface area contributed by atoms with Gasteiger partial charge in [-0.25, -0.2) is 0 Å². The van der Waals surface area contributed by atoms with Crippen molar-refractivity contribution in [1.29, 1.82) is 0 Å². The second kappa shape index (κ2) is 8.78. The summed E-state index contributed by atoms with van der Waals surface area (Å²) in [7, 11) is 0.910. The summed E-state index contributed by atoms with van der Waals surface area (Å²) in [6.45, 7) is 0.654. The molecule has 2 fully saturated rings. The van der Waals surface area contributed by atoms with E-state index >= 15 is 0 Å². The van der Waals surface area contributed by atoms with Crippen LogP contribution in [0.4, 0.5) is 13.2 Å². The number of hydrogen-bond acceptors (Lipinski definition) is 4. The number of alkyl halides is 3. The second-order valence-electron chi connectivity index (χ2n) is 8.72. The van der Waals surface area contributed by atoms with Crippen LogP contribution >= 0.6 is 0 Å². The van der Waals surface area contributed by atoms with Crippen LogP contribution in [0.5, 0.6) is 0 Å². The lowest BCUT2D eigenvalue weighted by Crippen LogP contribution is -2.60. The first-order valence-corrected chi connectivity index (χ1v) is 10.9. The molecule has 1 aromatic heterocycles. The van der Waals surface area contributed by atoms with Gasteiger partial charge in [0, 0.05) is 57.0 Å². The minimum Gasteiger partial charge on any atom is -0.356 e. The van der Waals surface area contributed by atoms with Crippen molar-refractivity contribution in [3.05, 3.63) is 66.0 Å². The maximum atomic E-state index is 14.3. The van der Waals surface area contributed by atoms with Crippen molar-refractivity contribution in [2.75, 3.05) is 26.7 Å². The van der Waals surface area contributed by atoms with Crippen LogP contribution in [0.15, 0.2) is 54.9 Å². The highest BCUT2D eigenvalue weighted by Crippen LogP contribution is 2.50. The first-order valence-electron chi connectivity index (χ1n) is 10.9. The van der Waals surface area contributed by atoms with Gasteiger partial charge in [0.15, 0.2) is 0 Å². The maximum Gasteiger partial charge on any atom is 0.430 e. The fourth-order valence-corrected chi connectivity index (χ4v) is 5.30. The van der Waals surface area contributed by atoms with Gasteiger partial charge in [-0.2, -0.15) is 13.2 Å². The topological polar surface area (TPSA) is 71.5 Å². The number of amides is 2. The number of nitrogens with zero attached hydrogens (tertiary/aromatic N) is 2. The first-order chi connectivity index (χ1) is 15.7. The zero-order valence-electron chi connectivity index (χ0n) is 18.3. The van der Waals surface area contributed by atoms with Crippen LogP contribution in [0.25, 0.3) is 0 Å². The number of carbonyl (C=O) groups excluding carboxylic acids is 2. The van der Waals surface area contributed by atoms with Gasteiger partial charge in [0.05, 0.1) is 0 Å². The average Bonchev–Trinajstić information content (AvgIpc) is 2.81. The van der Waals surface area contributed by atoms with E-state index in [1.54, 1.807) is 18.5 Å². The van der Waals surface area contributed by atoms with Gasteiger partial charge < -0.3 is 15.0 Å². The number of hydrogen-bond donors (Lipinski definition) is 1. The Balaban J connectivity index is 1.61. The lowest BCUT2D eigenvalue weighted by atomic mass is 9.62. The minimum absolute atomic E-state index is 0.0231. The van der Waals surface area contributed by atoms with E-state index in [0.717, 1.165) is 12.7 Å². The summed E-state index contributed by atoms with van der Waals surface area (Å²) in [6, 6.07) is 10.8. The predicted octanol–water partition coefficient (Wildman–Crippen LogP) is 3.40. The fraction of sp³-hybridized carbons (Fsp3) is 0.458. The molecule has 4 rings (SSSR count). The fourth-order valence-electron chi connectivity index (χ4n) is 5.30. The van der Waals surface area contributed by atoms with Gasteiger partial charge in [0.25, 0.3) is 11.5 Å². The summed E-state index contributed by atoms with van der Waals surface area (Å²) in [5.41, 5.74) is -2.80. The second-order valence-corrected chi connectivity index (χ2v) is 8.72. The third-order valence-electron chi connectivity index (χ3n) is 7.08. The van der Waals surface area contributed by atoms with Crippen molar-refractivity contribution in [2.24, 2.45) is 5.41 Å². The first kappa shape index (κ1) is 23.2. The summed E-state index contributed by atoms with van der Waals surface area (Å²) in [5.74, 6) is -1.23. The highest BCUT2D eigenvalue weighted by molar-refractivity contribution is 5.88. The summed E-state index contributed by atoms with van der Waals surface area (Å²) < 4.78 is 47.9. The van der Waals surface area contributed by atoms with E-state index in [4.69, 9.17) is 4.74 Å². The van der Waals surface area contributed by atoms with Gasteiger partial charge in [-0.3, -0.25) is 14.6 Å². The van der Waals surface area contributed by atoms with Crippen LogP contribution in [-0.4, -0.2) is 54.6 Å². The monoisotopic (exact) mass is 461 g/mol. The van der Waals surface area contributed by atoms with Crippen LogP contribution in [0.3, 0.4) is 0 Å². The van der Waals surface area contributed by atoms with Gasteiger partial charge in [-0.05, 0) is 29.9 Å². The average molecular weight is 461 g/mol. The highest BCUT2D eigenvalue weighted by atomic mass is 19.4. The normalized spacial score (nSPS) is 22.5. The molecule has 0 bridgehead atoms. The number of ether oxygens (including phenoxy) is 1. The van der Waals surface area contributed by atoms with Crippen molar-refractivity contribution < 1.29 is 27.5 Å². The Morgan fingerprint density at radius 1 is 1.15 bits per heavy atom. The number of aromatic nitrogens is 1. The van der Waals surface area contributed by atoms with Crippen molar-refractivity contribution in [3.8, 4) is 0 Å². The van der Waals surface area contributed by atoms with Gasteiger partial charge in [0.2, 0.25) is 5.91 Å². The molecular formula is C24H26F3N3O3. The standard InChI is InChI=1S/C24H26F3N3O3/c1-33-23(24(25,26)27,18-7-3-2-4-8-18)21(32)30-12-9-22(10-13-30)14-20(31)29-16-19(22)17-6-5-11-28-15-17/h2-8,11,15,19H,9-10,12-14,16H2,1H3,(H,29,31)/t19-,23+/m0/s1. The number of likely N-dealkylation sites (tertiary alicyclic amines) is 1. The van der Waals surface area contributed by atoms with E-state index in [9.17, 15) is 22.8 Å². The summed E-state index contributed by atoms with van der Waals surface area (Å²) in [6.07, 6.45) is -0.420. The molecule has 1 spiro atoms. The third kappa shape index (κ3) is 3.99. The number of pyridine rings is 1. The maximum absolute atomic E-state index is 14.3. The molecule has 0 saturated carbocycles. The molecule has 1 aromatic carbocycles. The minimum atomic E-state index is -4.95. The van der Waals surface area contributed by atoms with E-state index in [-0.39, 0.29) is 36.9 Å². The SMILES string of the molecule is CO[C@@](C(=O)N1CCC2(CC1)CC(=O)NC[C@H]2c1cccnc1)(c1ccccc1)C(F)(F)F. The Morgan fingerprint density at radius 2 is 1.85 bits per heavy atom. The van der Waals surface area contributed by atoms with Gasteiger partial charge >= 0.3 is 6.18 Å². The van der Waals surface area contributed by atoms with Crippen molar-refractivity contribution in [1.82, 2.24) is 15.2 Å². The van der Waals surface area contributed by atoms with Crippen LogP contribution in [0.1, 0.15) is 36.3 Å². The molecule has 2 amide bonds. The van der Waals surface area contributed by atoms with Crippen molar-refractivity contribution in [3.63, 3.8) is 0 Å². The quantitative estimate of drug-likeness (QED) is 0.758.